The van der Waals surface area contributed by atoms with Gasteiger partial charge in [0.15, 0.2) is 0 Å². The van der Waals surface area contributed by atoms with E-state index in [1.54, 1.807) is 0 Å². The number of alkyl halides is 1. The predicted octanol–water partition coefficient (Wildman–Crippen LogP) is 3.28. The zero-order valence-corrected chi connectivity index (χ0v) is 14.4. The third kappa shape index (κ3) is 3.75. The number of hydrogen-bond acceptors (Lipinski definition) is 3. The third-order valence-electron chi connectivity index (χ3n) is 3.80. The summed E-state index contributed by atoms with van der Waals surface area (Å²) in [5.74, 6) is -0.0440. The summed E-state index contributed by atoms with van der Waals surface area (Å²) >= 11 is 2.20. The molecule has 5 heteroatoms. The highest BCUT2D eigenvalue weighted by molar-refractivity contribution is 14.1. The van der Waals surface area contributed by atoms with Gasteiger partial charge in [-0.15, -0.1) is 0 Å². The number of imide groups is 1. The van der Waals surface area contributed by atoms with E-state index in [2.05, 4.69) is 22.6 Å². The Balaban J connectivity index is 2.15. The summed E-state index contributed by atoms with van der Waals surface area (Å²) in [6.45, 7) is 4.30. The summed E-state index contributed by atoms with van der Waals surface area (Å²) in [5.41, 5.74) is 1.11. The quantitative estimate of drug-likeness (QED) is 0.562. The monoisotopic (exact) mass is 401 g/mol. The van der Waals surface area contributed by atoms with E-state index in [-0.39, 0.29) is 30.4 Å². The van der Waals surface area contributed by atoms with Crippen LogP contribution in [-0.2, 0) is 16.0 Å². The average molecular weight is 401 g/mol. The van der Waals surface area contributed by atoms with Crippen LogP contribution in [0.4, 0.5) is 4.79 Å². The molecule has 1 aliphatic heterocycles. The molecule has 0 spiro atoms. The Labute approximate surface area is 139 Å². The minimum absolute atomic E-state index is 0.108. The second-order valence-electron chi connectivity index (χ2n) is 5.63. The Hall–Kier alpha value is -1.11. The normalized spacial score (nSPS) is 19.7. The van der Waals surface area contributed by atoms with E-state index in [0.29, 0.717) is 10.8 Å². The minimum Gasteiger partial charge on any atom is -0.447 e. The lowest BCUT2D eigenvalue weighted by Gasteiger charge is -2.25. The Morgan fingerprint density at radius 1 is 1.38 bits per heavy atom. The van der Waals surface area contributed by atoms with Crippen LogP contribution in [0.2, 0.25) is 0 Å². The summed E-state index contributed by atoms with van der Waals surface area (Å²) in [6, 6.07) is 9.68. The molecule has 1 fully saturated rings. The number of rotatable bonds is 5. The van der Waals surface area contributed by atoms with Gasteiger partial charge in [0.1, 0.15) is 6.61 Å². The lowest BCUT2D eigenvalue weighted by Crippen LogP contribution is -2.45. The van der Waals surface area contributed by atoms with Crippen LogP contribution in [0.1, 0.15) is 19.4 Å². The maximum atomic E-state index is 12.6. The molecule has 0 aromatic heterocycles. The van der Waals surface area contributed by atoms with Crippen molar-refractivity contribution in [1.82, 2.24) is 4.90 Å². The highest BCUT2D eigenvalue weighted by Crippen LogP contribution is 2.24. The van der Waals surface area contributed by atoms with Crippen molar-refractivity contribution in [2.45, 2.75) is 26.3 Å². The molecule has 4 nitrogen and oxygen atoms in total. The number of nitrogens with zero attached hydrogens (tertiary/aromatic N) is 1. The first-order chi connectivity index (χ1) is 10.0. The number of carbonyl (C=O) groups excluding carboxylic acids is 2. The Bertz CT molecular complexity index is 504. The van der Waals surface area contributed by atoms with Gasteiger partial charge in [0, 0.05) is 10.3 Å². The van der Waals surface area contributed by atoms with E-state index in [1.807, 2.05) is 44.2 Å². The standard InChI is InChI=1S/C16H20INO3/c1-11(2)14(9-17)15(19)18-13(10-21-16(18)20)8-12-6-4-3-5-7-12/h3-7,11,13-14H,8-10H2,1-2H3/t13-,14-/m1/s1. The van der Waals surface area contributed by atoms with Gasteiger partial charge in [-0.05, 0) is 17.9 Å². The van der Waals surface area contributed by atoms with Crippen molar-refractivity contribution < 1.29 is 14.3 Å². The molecule has 0 saturated carbocycles. The van der Waals surface area contributed by atoms with Gasteiger partial charge in [0.2, 0.25) is 5.91 Å². The number of halogens is 1. The number of amides is 2. The number of carbonyl (C=O) groups is 2. The summed E-state index contributed by atoms with van der Waals surface area (Å²) in [7, 11) is 0. The summed E-state index contributed by atoms with van der Waals surface area (Å²) in [5, 5.41) is 0. The van der Waals surface area contributed by atoms with Crippen molar-refractivity contribution in [3.8, 4) is 0 Å². The van der Waals surface area contributed by atoms with Gasteiger partial charge in [0.25, 0.3) is 0 Å². The molecule has 1 aliphatic rings. The largest absolute Gasteiger partial charge is 0.447 e. The summed E-state index contributed by atoms with van der Waals surface area (Å²) < 4.78 is 5.81. The van der Waals surface area contributed by atoms with Crippen LogP contribution in [0.15, 0.2) is 30.3 Å². The van der Waals surface area contributed by atoms with Gasteiger partial charge in [-0.25, -0.2) is 9.69 Å². The van der Waals surface area contributed by atoms with E-state index < -0.39 is 6.09 Å². The van der Waals surface area contributed by atoms with Crippen molar-refractivity contribution in [3.05, 3.63) is 35.9 Å². The van der Waals surface area contributed by atoms with E-state index in [1.165, 1.54) is 4.90 Å². The summed E-state index contributed by atoms with van der Waals surface area (Å²) in [6.07, 6.45) is 0.140. The van der Waals surface area contributed by atoms with Crippen molar-refractivity contribution >= 4 is 34.6 Å². The molecule has 2 amide bonds. The van der Waals surface area contributed by atoms with Crippen LogP contribution in [0.5, 0.6) is 0 Å². The fraction of sp³-hybridized carbons (Fsp3) is 0.500. The molecule has 2 atom stereocenters. The second-order valence-corrected chi connectivity index (χ2v) is 6.51. The predicted molar refractivity (Wildman–Crippen MR) is 89.3 cm³/mol. The Morgan fingerprint density at radius 2 is 2.05 bits per heavy atom. The zero-order chi connectivity index (χ0) is 15.4. The van der Waals surface area contributed by atoms with Crippen LogP contribution in [0.3, 0.4) is 0 Å². The first-order valence-electron chi connectivity index (χ1n) is 7.14. The minimum atomic E-state index is -0.503. The maximum absolute atomic E-state index is 12.6. The van der Waals surface area contributed by atoms with Crippen molar-refractivity contribution in [3.63, 3.8) is 0 Å². The first kappa shape index (κ1) is 16.3. The molecule has 0 radical (unpaired) electrons. The van der Waals surface area contributed by atoms with E-state index in [0.717, 1.165) is 5.56 Å². The second kappa shape index (κ2) is 7.24. The molecule has 0 unspecified atom stereocenters. The van der Waals surface area contributed by atoms with E-state index in [9.17, 15) is 9.59 Å². The maximum Gasteiger partial charge on any atom is 0.416 e. The fourth-order valence-electron chi connectivity index (χ4n) is 2.47. The SMILES string of the molecule is CC(C)[C@@H](CI)C(=O)N1C(=O)OC[C@H]1Cc1ccccc1. The van der Waals surface area contributed by atoms with Crippen LogP contribution in [-0.4, -0.2) is 34.0 Å². The van der Waals surface area contributed by atoms with Crippen LogP contribution >= 0.6 is 22.6 Å². The highest BCUT2D eigenvalue weighted by atomic mass is 127. The lowest BCUT2D eigenvalue weighted by atomic mass is 9.95. The Morgan fingerprint density at radius 3 is 2.62 bits per heavy atom. The summed E-state index contributed by atoms with van der Waals surface area (Å²) in [4.78, 5) is 25.9. The van der Waals surface area contributed by atoms with Crippen molar-refractivity contribution in [2.24, 2.45) is 11.8 Å². The highest BCUT2D eigenvalue weighted by Gasteiger charge is 2.41. The molecule has 114 valence electrons. The zero-order valence-electron chi connectivity index (χ0n) is 12.3. The molecular formula is C16H20INO3. The fourth-order valence-corrected chi connectivity index (χ4v) is 3.87. The van der Waals surface area contributed by atoms with Crippen LogP contribution in [0.25, 0.3) is 0 Å². The molecule has 1 saturated heterocycles. The molecule has 1 aromatic rings. The first-order valence-corrected chi connectivity index (χ1v) is 8.66. The van der Waals surface area contributed by atoms with Crippen LogP contribution < -0.4 is 0 Å². The number of cyclic esters (lactones) is 1. The smallest absolute Gasteiger partial charge is 0.416 e. The molecule has 1 heterocycles. The molecule has 21 heavy (non-hydrogen) atoms. The molecular weight excluding hydrogens is 381 g/mol. The van der Waals surface area contributed by atoms with Gasteiger partial charge in [-0.1, -0.05) is 66.8 Å². The van der Waals surface area contributed by atoms with E-state index in [4.69, 9.17) is 4.74 Å². The molecule has 1 aromatic carbocycles. The third-order valence-corrected chi connectivity index (χ3v) is 4.75. The van der Waals surface area contributed by atoms with Crippen molar-refractivity contribution in [2.75, 3.05) is 11.0 Å². The van der Waals surface area contributed by atoms with Crippen molar-refractivity contribution in [1.29, 1.82) is 0 Å². The lowest BCUT2D eigenvalue weighted by molar-refractivity contribution is -0.133. The van der Waals surface area contributed by atoms with Crippen LogP contribution in [0, 0.1) is 11.8 Å². The molecule has 0 bridgehead atoms. The number of hydrogen-bond donors (Lipinski definition) is 0. The number of benzene rings is 1. The van der Waals surface area contributed by atoms with Gasteiger partial charge in [0.05, 0.1) is 6.04 Å². The molecule has 0 aliphatic carbocycles. The molecule has 0 N–H and O–H groups in total. The average Bonchev–Trinajstić information content (AvgIpc) is 2.81. The van der Waals surface area contributed by atoms with Gasteiger partial charge in [-0.3, -0.25) is 4.79 Å². The van der Waals surface area contributed by atoms with E-state index >= 15 is 0 Å². The molecule has 2 rings (SSSR count). The van der Waals surface area contributed by atoms with Gasteiger partial charge < -0.3 is 4.74 Å². The van der Waals surface area contributed by atoms with Gasteiger partial charge in [-0.2, -0.15) is 0 Å². The topological polar surface area (TPSA) is 46.6 Å². The van der Waals surface area contributed by atoms with Gasteiger partial charge >= 0.3 is 6.09 Å². The number of ether oxygens (including phenoxy) is 1. The Kier molecular flexibility index (Phi) is 5.61.